The van der Waals surface area contributed by atoms with E-state index in [1.165, 1.54) is 7.11 Å². The lowest BCUT2D eigenvalue weighted by Gasteiger charge is -2.66. The molecule has 1 heterocycles. The molecule has 13 heteroatoms. The molecule has 1 aliphatic heterocycles. The van der Waals surface area contributed by atoms with Crippen LogP contribution in [0.5, 0.6) is 0 Å². The van der Waals surface area contributed by atoms with E-state index in [2.05, 4.69) is 19.9 Å². The molecule has 6 rings (SSSR count). The summed E-state index contributed by atoms with van der Waals surface area (Å²) < 4.78 is 60.1. The second-order valence-electron chi connectivity index (χ2n) is 16.7. The van der Waals surface area contributed by atoms with Crippen molar-refractivity contribution in [3.63, 3.8) is 0 Å². The average molecular weight is 757 g/mol. The number of hydrogen-bond acceptors (Lipinski definition) is 13. The van der Waals surface area contributed by atoms with E-state index < -0.39 is 52.3 Å². The zero-order valence-electron chi connectivity index (χ0n) is 33.4. The first-order valence-electron chi connectivity index (χ1n) is 20.2. The Morgan fingerprint density at radius 3 is 1.94 bits per heavy atom. The summed E-state index contributed by atoms with van der Waals surface area (Å²) in [7, 11) is 1.37. The molecule has 0 spiro atoms. The molecule has 6 aliphatic rings. The van der Waals surface area contributed by atoms with Gasteiger partial charge >= 0.3 is 0 Å². The van der Waals surface area contributed by atoms with Crippen molar-refractivity contribution in [1.29, 1.82) is 0 Å². The third-order valence-electron chi connectivity index (χ3n) is 14.5. The molecule has 306 valence electrons. The molecule has 0 radical (unpaired) electrons. The third kappa shape index (κ3) is 6.59. The van der Waals surface area contributed by atoms with Crippen LogP contribution in [0.3, 0.4) is 0 Å². The Labute approximate surface area is 316 Å². The molecule has 0 bridgehead atoms. The van der Waals surface area contributed by atoms with Crippen LogP contribution in [0.1, 0.15) is 106 Å². The van der Waals surface area contributed by atoms with Gasteiger partial charge in [-0.15, -0.1) is 0 Å². The number of hydrogen-bond donors (Lipinski definition) is 3. The van der Waals surface area contributed by atoms with Crippen LogP contribution < -0.4 is 0 Å². The standard InChI is InChI=1S/C40H68O13/c1-9-45-24-49-37-21-22-38(41,36(19-20-36)48-12-4)35(37,7)18-16-30-31(37)14-13-28-23-29(15-17-34(28,30)6)53-33-40(43,51-26-47-11-3)32(44-8)39(42,27(5)52-33)50-25-46-10-2/h21-22,27-33,41-43H,9-20,23-26H2,1-8H3/t27-,28?,29?,30-,31-,32+,33+,34+,35+,37-,38?,39+,40+/m1/s1. The Hall–Kier alpha value is -0.780. The maximum atomic E-state index is 12.7. The molecule has 0 aromatic heterocycles. The van der Waals surface area contributed by atoms with E-state index in [4.69, 9.17) is 47.4 Å². The maximum absolute atomic E-state index is 12.7. The molecule has 0 amide bonds. The fourth-order valence-corrected chi connectivity index (χ4v) is 11.4. The van der Waals surface area contributed by atoms with Crippen LogP contribution in [0, 0.1) is 28.6 Å². The molecule has 53 heavy (non-hydrogen) atoms. The summed E-state index contributed by atoms with van der Waals surface area (Å²) in [5, 5.41) is 36.5. The van der Waals surface area contributed by atoms with Crippen molar-refractivity contribution >= 4 is 0 Å². The van der Waals surface area contributed by atoms with E-state index in [9.17, 15) is 15.3 Å². The number of fused-ring (bicyclic) bond motifs is 5. The van der Waals surface area contributed by atoms with Crippen molar-refractivity contribution in [2.24, 2.45) is 28.6 Å². The lowest BCUT2D eigenvalue weighted by Crippen LogP contribution is -2.74. The lowest BCUT2D eigenvalue weighted by atomic mass is 9.42. The summed E-state index contributed by atoms with van der Waals surface area (Å²) in [6, 6.07) is 0. The van der Waals surface area contributed by atoms with Gasteiger partial charge in [0.2, 0.25) is 12.1 Å². The highest BCUT2D eigenvalue weighted by atomic mass is 16.8. The van der Waals surface area contributed by atoms with Gasteiger partial charge in [0, 0.05) is 39.0 Å². The highest BCUT2D eigenvalue weighted by Crippen LogP contribution is 2.73. The second kappa shape index (κ2) is 15.9. The van der Waals surface area contributed by atoms with Crippen molar-refractivity contribution in [3.8, 4) is 0 Å². The molecule has 1 saturated heterocycles. The molecule has 3 unspecified atom stereocenters. The largest absolute Gasteiger partial charge is 0.382 e. The Kier molecular flexibility index (Phi) is 12.5. The van der Waals surface area contributed by atoms with Gasteiger partial charge in [-0.2, -0.15) is 0 Å². The normalized spacial score (nSPS) is 47.2. The van der Waals surface area contributed by atoms with E-state index in [1.54, 1.807) is 6.92 Å². The van der Waals surface area contributed by atoms with Crippen LogP contribution in [0.2, 0.25) is 0 Å². The van der Waals surface area contributed by atoms with Crippen LogP contribution in [-0.4, -0.2) is 122 Å². The van der Waals surface area contributed by atoms with Crippen LogP contribution in [0.15, 0.2) is 12.2 Å². The van der Waals surface area contributed by atoms with Gasteiger partial charge in [0.05, 0.1) is 6.10 Å². The number of ether oxygens (including phenoxy) is 10. The molecule has 3 N–H and O–H groups in total. The van der Waals surface area contributed by atoms with Crippen LogP contribution in [0.4, 0.5) is 0 Å². The SMILES string of the molecule is CCOCO[C@]1(O)[C@H](OC2CC[C@@]3(C)C(CC[C@@H]4[C@H]3CC[C@]3(C)C(O)(C5(OCC)CC5)C=C[C@@]43OCOCC)C2)O[C@H](C)[C@](O)(OCOCC)[C@@H]1OC. The van der Waals surface area contributed by atoms with Crippen LogP contribution in [0.25, 0.3) is 0 Å². The van der Waals surface area contributed by atoms with Gasteiger partial charge in [0.15, 0.2) is 12.9 Å². The Morgan fingerprint density at radius 1 is 0.698 bits per heavy atom. The number of rotatable bonds is 18. The van der Waals surface area contributed by atoms with Gasteiger partial charge in [0.25, 0.3) is 5.79 Å². The summed E-state index contributed by atoms with van der Waals surface area (Å²) in [6.07, 6.45) is 8.12. The van der Waals surface area contributed by atoms with Crippen molar-refractivity contribution in [2.75, 3.05) is 53.9 Å². The van der Waals surface area contributed by atoms with Crippen LogP contribution >= 0.6 is 0 Å². The fourth-order valence-electron chi connectivity index (χ4n) is 11.4. The van der Waals surface area contributed by atoms with Crippen molar-refractivity contribution in [1.82, 2.24) is 0 Å². The van der Waals surface area contributed by atoms with Gasteiger partial charge in [-0.1, -0.05) is 26.0 Å². The Bertz CT molecular complexity index is 1260. The molecular formula is C40H68O13. The van der Waals surface area contributed by atoms with Gasteiger partial charge in [-0.25, -0.2) is 0 Å². The number of aliphatic hydroxyl groups is 3. The van der Waals surface area contributed by atoms with Crippen molar-refractivity contribution in [3.05, 3.63) is 12.2 Å². The second-order valence-corrected chi connectivity index (χ2v) is 16.7. The Balaban J connectivity index is 1.22. The van der Waals surface area contributed by atoms with Crippen molar-refractivity contribution < 1.29 is 62.7 Å². The highest BCUT2D eigenvalue weighted by molar-refractivity contribution is 5.40. The van der Waals surface area contributed by atoms with Gasteiger partial charge in [0.1, 0.15) is 36.5 Å². The molecular weight excluding hydrogens is 688 g/mol. The summed E-state index contributed by atoms with van der Waals surface area (Å²) in [5.74, 6) is -3.47. The molecule has 0 aromatic carbocycles. The summed E-state index contributed by atoms with van der Waals surface area (Å²) in [4.78, 5) is 0. The van der Waals surface area contributed by atoms with Crippen LogP contribution in [-0.2, 0) is 47.4 Å². The smallest absolute Gasteiger partial charge is 0.252 e. The molecule has 4 saturated carbocycles. The zero-order chi connectivity index (χ0) is 38.3. The summed E-state index contributed by atoms with van der Waals surface area (Å²) >= 11 is 0. The van der Waals surface area contributed by atoms with E-state index in [0.717, 1.165) is 57.8 Å². The first kappa shape index (κ1) is 41.8. The number of methoxy groups -OCH3 is 1. The monoisotopic (exact) mass is 756 g/mol. The molecule has 0 aromatic rings. The first-order valence-corrected chi connectivity index (χ1v) is 20.2. The first-order chi connectivity index (χ1) is 25.2. The van der Waals surface area contributed by atoms with E-state index >= 15 is 0 Å². The van der Waals surface area contributed by atoms with Crippen molar-refractivity contribution in [2.45, 2.75) is 159 Å². The van der Waals surface area contributed by atoms with E-state index in [-0.39, 0.29) is 37.8 Å². The minimum Gasteiger partial charge on any atom is -0.382 e. The predicted octanol–water partition coefficient (Wildman–Crippen LogP) is 4.78. The van der Waals surface area contributed by atoms with Gasteiger partial charge in [-0.3, -0.25) is 0 Å². The fraction of sp³-hybridized carbons (Fsp3) is 0.950. The Morgan fingerprint density at radius 2 is 1.34 bits per heavy atom. The van der Waals surface area contributed by atoms with E-state index in [0.29, 0.717) is 38.3 Å². The molecule has 13 nitrogen and oxygen atoms in total. The molecule has 5 fully saturated rings. The highest BCUT2D eigenvalue weighted by Gasteiger charge is 2.78. The van der Waals surface area contributed by atoms with E-state index in [1.807, 2.05) is 33.8 Å². The molecule has 5 aliphatic carbocycles. The maximum Gasteiger partial charge on any atom is 0.252 e. The summed E-state index contributed by atoms with van der Waals surface area (Å²) in [6.45, 7) is 15.4. The average Bonchev–Trinajstić information content (AvgIpc) is 3.88. The quantitative estimate of drug-likeness (QED) is 0.0762. The summed E-state index contributed by atoms with van der Waals surface area (Å²) in [5.41, 5.74) is -2.96. The van der Waals surface area contributed by atoms with Gasteiger partial charge < -0.3 is 62.7 Å². The minimum atomic E-state index is -2.26. The minimum absolute atomic E-state index is 0.00271. The van der Waals surface area contributed by atoms with Gasteiger partial charge in [-0.05, 0) is 116 Å². The molecule has 13 atom stereocenters. The predicted molar refractivity (Wildman–Crippen MR) is 192 cm³/mol. The lowest BCUT2D eigenvalue weighted by molar-refractivity contribution is -0.484. The third-order valence-corrected chi connectivity index (χ3v) is 14.5. The zero-order valence-corrected chi connectivity index (χ0v) is 33.4. The topological polar surface area (TPSA) is 153 Å².